The van der Waals surface area contributed by atoms with Crippen LogP contribution in [-0.4, -0.2) is 67.8 Å². The number of hydrogen-bond acceptors (Lipinski definition) is 5. The van der Waals surface area contributed by atoms with Crippen molar-refractivity contribution >= 4 is 18.1 Å². The standard InChI is InChI=1S/C19H24F2N2O5/c1-3-26-16-13-14(5-7-15(16)28-18(20)21)6-8-17(24)22-9-11-23(12-10-22)19(25)27-4-2/h5-8,13,18H,3-4,9-12H2,1-2H3/b8-6+. The van der Waals surface area contributed by atoms with Crippen molar-refractivity contribution in [2.24, 2.45) is 0 Å². The molecule has 7 nitrogen and oxygen atoms in total. The Morgan fingerprint density at radius 1 is 1.07 bits per heavy atom. The summed E-state index contributed by atoms with van der Waals surface area (Å²) in [5, 5.41) is 0. The van der Waals surface area contributed by atoms with Crippen LogP contribution in [-0.2, 0) is 9.53 Å². The summed E-state index contributed by atoms with van der Waals surface area (Å²) < 4.78 is 39.6. The summed E-state index contributed by atoms with van der Waals surface area (Å²) in [5.41, 5.74) is 0.614. The first-order valence-corrected chi connectivity index (χ1v) is 9.05. The van der Waals surface area contributed by atoms with Gasteiger partial charge in [-0.3, -0.25) is 4.79 Å². The zero-order valence-corrected chi connectivity index (χ0v) is 15.9. The smallest absolute Gasteiger partial charge is 0.409 e. The Bertz CT molecular complexity index is 704. The summed E-state index contributed by atoms with van der Waals surface area (Å²) in [6.45, 7) is 2.76. The van der Waals surface area contributed by atoms with Gasteiger partial charge >= 0.3 is 12.7 Å². The molecule has 1 heterocycles. The van der Waals surface area contributed by atoms with Gasteiger partial charge in [0.2, 0.25) is 5.91 Å². The maximum absolute atomic E-state index is 12.4. The molecule has 1 aliphatic rings. The molecule has 1 aromatic carbocycles. The molecule has 2 amide bonds. The van der Waals surface area contributed by atoms with E-state index in [1.165, 1.54) is 18.2 Å². The molecule has 0 N–H and O–H groups in total. The molecule has 0 radical (unpaired) electrons. The van der Waals surface area contributed by atoms with Crippen molar-refractivity contribution < 1.29 is 32.6 Å². The van der Waals surface area contributed by atoms with Gasteiger partial charge in [0.15, 0.2) is 11.5 Å². The monoisotopic (exact) mass is 398 g/mol. The maximum Gasteiger partial charge on any atom is 0.409 e. The Balaban J connectivity index is 1.96. The van der Waals surface area contributed by atoms with Crippen molar-refractivity contribution in [2.45, 2.75) is 20.5 Å². The van der Waals surface area contributed by atoms with Crippen molar-refractivity contribution in [1.29, 1.82) is 0 Å². The third-order valence-electron chi connectivity index (χ3n) is 4.02. The van der Waals surface area contributed by atoms with Crippen molar-refractivity contribution in [3.63, 3.8) is 0 Å². The number of carbonyl (C=O) groups excluding carboxylic acids is 2. The first kappa shape index (κ1) is 21.5. The number of alkyl halides is 2. The lowest BCUT2D eigenvalue weighted by Crippen LogP contribution is -2.50. The predicted octanol–water partition coefficient (Wildman–Crippen LogP) is 3.00. The van der Waals surface area contributed by atoms with Crippen molar-refractivity contribution in [3.05, 3.63) is 29.8 Å². The van der Waals surface area contributed by atoms with Crippen LogP contribution in [0.15, 0.2) is 24.3 Å². The molecular weight excluding hydrogens is 374 g/mol. The Morgan fingerprint density at radius 2 is 1.75 bits per heavy atom. The van der Waals surface area contributed by atoms with Crippen LogP contribution in [0.2, 0.25) is 0 Å². The van der Waals surface area contributed by atoms with Crippen LogP contribution >= 0.6 is 0 Å². The average molecular weight is 398 g/mol. The second-order valence-electron chi connectivity index (χ2n) is 5.86. The van der Waals surface area contributed by atoms with Crippen LogP contribution in [0.25, 0.3) is 6.08 Å². The molecule has 0 unspecified atom stereocenters. The van der Waals surface area contributed by atoms with Crippen LogP contribution in [0, 0.1) is 0 Å². The number of rotatable bonds is 7. The quantitative estimate of drug-likeness (QED) is 0.661. The SMILES string of the molecule is CCOC(=O)N1CCN(C(=O)/C=C/c2ccc(OC(F)F)c(OCC)c2)CC1. The number of benzene rings is 1. The number of amides is 2. The molecule has 0 aliphatic carbocycles. The van der Waals surface area contributed by atoms with Gasteiger partial charge in [0.1, 0.15) is 0 Å². The minimum Gasteiger partial charge on any atom is -0.490 e. The van der Waals surface area contributed by atoms with Crippen molar-refractivity contribution in [2.75, 3.05) is 39.4 Å². The molecule has 2 rings (SSSR count). The van der Waals surface area contributed by atoms with E-state index in [2.05, 4.69) is 4.74 Å². The molecule has 0 atom stereocenters. The molecular formula is C19H24F2N2O5. The molecule has 1 fully saturated rings. The van der Waals surface area contributed by atoms with Gasteiger partial charge in [-0.2, -0.15) is 8.78 Å². The Kier molecular flexibility index (Phi) is 8.03. The van der Waals surface area contributed by atoms with E-state index in [9.17, 15) is 18.4 Å². The number of carbonyl (C=O) groups is 2. The van der Waals surface area contributed by atoms with Gasteiger partial charge < -0.3 is 24.0 Å². The number of piperazine rings is 1. The minimum atomic E-state index is -2.95. The van der Waals surface area contributed by atoms with Gasteiger partial charge in [0.05, 0.1) is 13.2 Å². The summed E-state index contributed by atoms with van der Waals surface area (Å²) in [4.78, 5) is 27.2. The van der Waals surface area contributed by atoms with Gasteiger partial charge in [-0.1, -0.05) is 6.07 Å². The first-order chi connectivity index (χ1) is 13.4. The molecule has 1 aliphatic heterocycles. The van der Waals surface area contributed by atoms with Gasteiger partial charge in [-0.25, -0.2) is 4.79 Å². The largest absolute Gasteiger partial charge is 0.490 e. The van der Waals surface area contributed by atoms with Gasteiger partial charge in [-0.05, 0) is 37.6 Å². The fourth-order valence-corrected chi connectivity index (χ4v) is 2.69. The third-order valence-corrected chi connectivity index (χ3v) is 4.02. The summed E-state index contributed by atoms with van der Waals surface area (Å²) in [6.07, 6.45) is 2.60. The molecule has 0 saturated carbocycles. The van der Waals surface area contributed by atoms with Crippen molar-refractivity contribution in [3.8, 4) is 11.5 Å². The summed E-state index contributed by atoms with van der Waals surface area (Å²) >= 11 is 0. The maximum atomic E-state index is 12.4. The van der Waals surface area contributed by atoms with E-state index in [-0.39, 0.29) is 30.1 Å². The second kappa shape index (κ2) is 10.5. The molecule has 0 bridgehead atoms. The third kappa shape index (κ3) is 6.11. The van der Waals surface area contributed by atoms with Crippen LogP contribution in [0.4, 0.5) is 13.6 Å². The zero-order valence-electron chi connectivity index (χ0n) is 15.9. The number of nitrogens with zero attached hydrogens (tertiary/aromatic N) is 2. The van der Waals surface area contributed by atoms with E-state index >= 15 is 0 Å². The highest BCUT2D eigenvalue weighted by Gasteiger charge is 2.23. The summed E-state index contributed by atoms with van der Waals surface area (Å²) in [5.74, 6) is -0.0785. The molecule has 0 spiro atoms. The normalized spacial score (nSPS) is 14.5. The predicted molar refractivity (Wildman–Crippen MR) is 98.5 cm³/mol. The Morgan fingerprint density at radius 3 is 2.36 bits per heavy atom. The fourth-order valence-electron chi connectivity index (χ4n) is 2.69. The Labute approximate surface area is 162 Å². The highest BCUT2D eigenvalue weighted by Crippen LogP contribution is 2.30. The molecule has 154 valence electrons. The summed E-state index contributed by atoms with van der Waals surface area (Å²) in [7, 11) is 0. The van der Waals surface area contributed by atoms with E-state index in [0.29, 0.717) is 38.3 Å². The molecule has 1 aromatic rings. The van der Waals surface area contributed by atoms with Crippen LogP contribution in [0.1, 0.15) is 19.4 Å². The highest BCUT2D eigenvalue weighted by molar-refractivity contribution is 5.92. The van der Waals surface area contributed by atoms with Gasteiger partial charge in [0, 0.05) is 32.3 Å². The van der Waals surface area contributed by atoms with E-state index in [4.69, 9.17) is 9.47 Å². The first-order valence-electron chi connectivity index (χ1n) is 9.05. The van der Waals surface area contributed by atoms with E-state index in [1.807, 2.05) is 0 Å². The van der Waals surface area contributed by atoms with E-state index < -0.39 is 6.61 Å². The van der Waals surface area contributed by atoms with Crippen LogP contribution < -0.4 is 9.47 Å². The fraction of sp³-hybridized carbons (Fsp3) is 0.474. The average Bonchev–Trinajstić information content (AvgIpc) is 2.68. The molecule has 0 aromatic heterocycles. The number of hydrogen-bond donors (Lipinski definition) is 0. The highest BCUT2D eigenvalue weighted by atomic mass is 19.3. The lowest BCUT2D eigenvalue weighted by Gasteiger charge is -2.33. The molecule has 9 heteroatoms. The topological polar surface area (TPSA) is 68.3 Å². The second-order valence-corrected chi connectivity index (χ2v) is 5.86. The number of halogens is 2. The molecule has 1 saturated heterocycles. The van der Waals surface area contributed by atoms with Gasteiger partial charge in [0.25, 0.3) is 0 Å². The summed E-state index contributed by atoms with van der Waals surface area (Å²) in [6, 6.07) is 4.46. The lowest BCUT2D eigenvalue weighted by molar-refractivity contribution is -0.127. The Hall–Kier alpha value is -2.84. The minimum absolute atomic E-state index is 0.0598. The lowest BCUT2D eigenvalue weighted by atomic mass is 10.2. The van der Waals surface area contributed by atoms with E-state index in [1.54, 1.807) is 35.8 Å². The van der Waals surface area contributed by atoms with Gasteiger partial charge in [-0.15, -0.1) is 0 Å². The number of ether oxygens (including phenoxy) is 3. The van der Waals surface area contributed by atoms with Crippen LogP contribution in [0.5, 0.6) is 11.5 Å². The van der Waals surface area contributed by atoms with Crippen LogP contribution in [0.3, 0.4) is 0 Å². The molecule has 28 heavy (non-hydrogen) atoms. The van der Waals surface area contributed by atoms with E-state index in [0.717, 1.165) is 0 Å². The van der Waals surface area contributed by atoms with Crippen molar-refractivity contribution in [1.82, 2.24) is 9.80 Å². The zero-order chi connectivity index (χ0) is 20.5.